The highest BCUT2D eigenvalue weighted by Crippen LogP contribution is 2.14. The van der Waals surface area contributed by atoms with E-state index < -0.39 is 6.09 Å². The number of halogens is 1. The highest BCUT2D eigenvalue weighted by Gasteiger charge is 2.22. The lowest BCUT2D eigenvalue weighted by atomic mass is 10.1. The first-order chi connectivity index (χ1) is 8.15. The van der Waals surface area contributed by atoms with Crippen LogP contribution in [0.1, 0.15) is 12.8 Å². The molecule has 0 bridgehead atoms. The second-order valence-corrected chi connectivity index (χ2v) is 4.83. The normalized spacial score (nSPS) is 16.9. The van der Waals surface area contributed by atoms with Gasteiger partial charge in [0, 0.05) is 31.5 Å². The molecule has 0 aliphatic carbocycles. The molecule has 0 spiro atoms. The van der Waals surface area contributed by atoms with E-state index in [0.29, 0.717) is 19.0 Å². The van der Waals surface area contributed by atoms with E-state index >= 15 is 0 Å². The maximum absolute atomic E-state index is 10.7. The zero-order valence-corrected chi connectivity index (χ0v) is 10.7. The van der Waals surface area contributed by atoms with Gasteiger partial charge in [-0.25, -0.2) is 14.8 Å². The Morgan fingerprint density at radius 3 is 2.53 bits per heavy atom. The third-order valence-corrected chi connectivity index (χ3v) is 3.13. The van der Waals surface area contributed by atoms with Gasteiger partial charge in [-0.1, -0.05) is 0 Å². The largest absolute Gasteiger partial charge is 0.465 e. The third-order valence-electron chi connectivity index (χ3n) is 2.72. The minimum Gasteiger partial charge on any atom is -0.465 e. The summed E-state index contributed by atoms with van der Waals surface area (Å²) in [5, 5.41) is 12.0. The number of nitrogens with zero attached hydrogens (tertiary/aromatic N) is 3. The van der Waals surface area contributed by atoms with Crippen LogP contribution in [-0.4, -0.2) is 45.2 Å². The van der Waals surface area contributed by atoms with Gasteiger partial charge in [0.05, 0.1) is 4.47 Å². The first-order valence-electron chi connectivity index (χ1n) is 5.37. The Morgan fingerprint density at radius 2 is 2.00 bits per heavy atom. The molecule has 2 N–H and O–H groups in total. The molecule has 1 aromatic rings. The van der Waals surface area contributed by atoms with E-state index in [2.05, 4.69) is 31.2 Å². The van der Waals surface area contributed by atoms with Gasteiger partial charge in [-0.2, -0.15) is 0 Å². The number of aromatic nitrogens is 2. The molecule has 1 amide bonds. The number of anilines is 1. The quantitative estimate of drug-likeness (QED) is 0.871. The van der Waals surface area contributed by atoms with E-state index in [0.717, 1.165) is 17.3 Å². The highest BCUT2D eigenvalue weighted by atomic mass is 79.9. The van der Waals surface area contributed by atoms with E-state index in [1.54, 1.807) is 12.4 Å². The fraction of sp³-hybridized carbons (Fsp3) is 0.500. The molecule has 1 aliphatic rings. The van der Waals surface area contributed by atoms with E-state index in [-0.39, 0.29) is 6.04 Å². The van der Waals surface area contributed by atoms with Crippen molar-refractivity contribution in [3.8, 4) is 0 Å². The van der Waals surface area contributed by atoms with Crippen molar-refractivity contribution >= 4 is 28.0 Å². The second-order valence-electron chi connectivity index (χ2n) is 3.91. The lowest BCUT2D eigenvalue weighted by Gasteiger charge is -2.30. The summed E-state index contributed by atoms with van der Waals surface area (Å²) >= 11 is 3.27. The first kappa shape index (κ1) is 12.1. The second kappa shape index (κ2) is 5.31. The number of carboxylic acid groups (broad SMARTS) is 1. The van der Waals surface area contributed by atoms with Crippen molar-refractivity contribution < 1.29 is 9.90 Å². The first-order valence-corrected chi connectivity index (χ1v) is 6.16. The standard InChI is InChI=1S/C10H13BrN4O2/c11-7-5-12-9(13-6-7)14-8-1-3-15(4-2-8)10(16)17/h5-6,8H,1-4H2,(H,16,17)(H,12,13,14). The van der Waals surface area contributed by atoms with Gasteiger partial charge < -0.3 is 15.3 Å². The fourth-order valence-electron chi connectivity index (χ4n) is 1.78. The number of rotatable bonds is 2. The molecular formula is C10H13BrN4O2. The molecule has 1 aliphatic heterocycles. The van der Waals surface area contributed by atoms with Crippen molar-refractivity contribution in [2.45, 2.75) is 18.9 Å². The van der Waals surface area contributed by atoms with Crippen molar-refractivity contribution in [2.75, 3.05) is 18.4 Å². The van der Waals surface area contributed by atoms with Gasteiger partial charge in [0.15, 0.2) is 0 Å². The molecule has 0 radical (unpaired) electrons. The predicted octanol–water partition coefficient (Wildman–Crippen LogP) is 1.79. The maximum Gasteiger partial charge on any atom is 0.407 e. The van der Waals surface area contributed by atoms with Crippen molar-refractivity contribution in [1.82, 2.24) is 14.9 Å². The van der Waals surface area contributed by atoms with Crippen LogP contribution in [0.4, 0.5) is 10.7 Å². The van der Waals surface area contributed by atoms with Gasteiger partial charge in [0.25, 0.3) is 0 Å². The molecule has 0 unspecified atom stereocenters. The van der Waals surface area contributed by atoms with E-state index in [1.165, 1.54) is 4.90 Å². The molecule has 0 atom stereocenters. The third kappa shape index (κ3) is 3.29. The molecule has 92 valence electrons. The summed E-state index contributed by atoms with van der Waals surface area (Å²) in [5.74, 6) is 0.585. The lowest BCUT2D eigenvalue weighted by molar-refractivity contribution is 0.133. The summed E-state index contributed by atoms with van der Waals surface area (Å²) in [4.78, 5) is 20.4. The Bertz CT molecular complexity index is 390. The monoisotopic (exact) mass is 300 g/mol. The van der Waals surface area contributed by atoms with Crippen molar-refractivity contribution in [2.24, 2.45) is 0 Å². The van der Waals surface area contributed by atoms with Crippen LogP contribution in [0.25, 0.3) is 0 Å². The topological polar surface area (TPSA) is 78.4 Å². The minimum absolute atomic E-state index is 0.242. The molecule has 2 rings (SSSR count). The summed E-state index contributed by atoms with van der Waals surface area (Å²) in [7, 11) is 0. The molecule has 0 saturated carbocycles. The van der Waals surface area contributed by atoms with Crippen molar-refractivity contribution in [1.29, 1.82) is 0 Å². The van der Waals surface area contributed by atoms with Crippen LogP contribution in [0, 0.1) is 0 Å². The van der Waals surface area contributed by atoms with Crippen LogP contribution in [0.2, 0.25) is 0 Å². The molecule has 0 aromatic carbocycles. The number of nitrogens with one attached hydrogen (secondary N) is 1. The van der Waals surface area contributed by atoms with Crippen molar-refractivity contribution in [3.05, 3.63) is 16.9 Å². The summed E-state index contributed by atoms with van der Waals surface area (Å²) in [6.07, 6.45) is 4.09. The minimum atomic E-state index is -0.844. The molecule has 2 heterocycles. The van der Waals surface area contributed by atoms with E-state index in [9.17, 15) is 4.79 Å². The van der Waals surface area contributed by atoms with Crippen LogP contribution in [0.5, 0.6) is 0 Å². The van der Waals surface area contributed by atoms with Gasteiger partial charge in [0.1, 0.15) is 0 Å². The van der Waals surface area contributed by atoms with Gasteiger partial charge >= 0.3 is 6.09 Å². The number of hydrogen-bond donors (Lipinski definition) is 2. The summed E-state index contributed by atoms with van der Waals surface area (Å²) in [5.41, 5.74) is 0. The average molecular weight is 301 g/mol. The highest BCUT2D eigenvalue weighted by molar-refractivity contribution is 9.10. The van der Waals surface area contributed by atoms with E-state index in [1.807, 2.05) is 0 Å². The predicted molar refractivity (Wildman–Crippen MR) is 66.0 cm³/mol. The molecule has 1 fully saturated rings. The Kier molecular flexibility index (Phi) is 3.78. The van der Waals surface area contributed by atoms with Crippen LogP contribution in [0.15, 0.2) is 16.9 Å². The molecule has 7 heteroatoms. The summed E-state index contributed by atoms with van der Waals surface area (Å²) in [6.45, 7) is 1.12. The molecule has 1 saturated heterocycles. The van der Waals surface area contributed by atoms with Gasteiger partial charge in [-0.15, -0.1) is 0 Å². The number of likely N-dealkylation sites (tertiary alicyclic amines) is 1. The number of hydrogen-bond acceptors (Lipinski definition) is 4. The Balaban J connectivity index is 1.85. The summed E-state index contributed by atoms with van der Waals surface area (Å²) in [6, 6.07) is 0.242. The van der Waals surface area contributed by atoms with Crippen LogP contribution >= 0.6 is 15.9 Å². The average Bonchev–Trinajstić information content (AvgIpc) is 2.33. The smallest absolute Gasteiger partial charge is 0.407 e. The lowest BCUT2D eigenvalue weighted by Crippen LogP contribution is -2.41. The zero-order valence-electron chi connectivity index (χ0n) is 9.14. The molecule has 17 heavy (non-hydrogen) atoms. The van der Waals surface area contributed by atoms with Gasteiger partial charge in [-0.3, -0.25) is 0 Å². The fourth-order valence-corrected chi connectivity index (χ4v) is 1.99. The zero-order chi connectivity index (χ0) is 12.3. The molecular weight excluding hydrogens is 288 g/mol. The SMILES string of the molecule is O=C(O)N1CCC(Nc2ncc(Br)cn2)CC1. The van der Waals surface area contributed by atoms with Crippen LogP contribution in [-0.2, 0) is 0 Å². The van der Waals surface area contributed by atoms with E-state index in [4.69, 9.17) is 5.11 Å². The van der Waals surface area contributed by atoms with Crippen molar-refractivity contribution in [3.63, 3.8) is 0 Å². The number of piperidine rings is 1. The molecule has 1 aromatic heterocycles. The Morgan fingerprint density at radius 1 is 1.41 bits per heavy atom. The molecule has 6 nitrogen and oxygen atoms in total. The number of amides is 1. The van der Waals surface area contributed by atoms with Crippen LogP contribution < -0.4 is 5.32 Å². The maximum atomic E-state index is 10.7. The van der Waals surface area contributed by atoms with Gasteiger partial charge in [0.2, 0.25) is 5.95 Å². The Hall–Kier alpha value is -1.37. The summed E-state index contributed by atoms with van der Waals surface area (Å²) < 4.78 is 0.837. The van der Waals surface area contributed by atoms with Crippen LogP contribution in [0.3, 0.4) is 0 Å². The Labute approximate surface area is 107 Å². The van der Waals surface area contributed by atoms with Gasteiger partial charge in [-0.05, 0) is 28.8 Å². The number of carbonyl (C=O) groups is 1.